The van der Waals surface area contributed by atoms with Crippen LogP contribution in [0.15, 0.2) is 24.3 Å². The first-order valence-corrected chi connectivity index (χ1v) is 6.74. The molecule has 0 aliphatic rings. The van der Waals surface area contributed by atoms with Gasteiger partial charge in [-0.3, -0.25) is 9.69 Å². The van der Waals surface area contributed by atoms with Gasteiger partial charge in [-0.25, -0.2) is 0 Å². The van der Waals surface area contributed by atoms with Crippen molar-refractivity contribution in [3.05, 3.63) is 29.8 Å². The smallest absolute Gasteiger partial charge is 0.241 e. The third kappa shape index (κ3) is 5.02. The van der Waals surface area contributed by atoms with Crippen LogP contribution >= 0.6 is 0 Å². The van der Waals surface area contributed by atoms with Crippen LogP contribution in [0.5, 0.6) is 0 Å². The Hall–Kier alpha value is -1.86. The largest absolute Gasteiger partial charge is 0.325 e. The molecular formula is C16H23N3O. The van der Waals surface area contributed by atoms with E-state index in [1.165, 1.54) is 0 Å². The Bertz CT molecular complexity index is 511. The van der Waals surface area contributed by atoms with Crippen LogP contribution in [0.2, 0.25) is 0 Å². The molecule has 0 fully saturated rings. The highest BCUT2D eigenvalue weighted by Crippen LogP contribution is 2.16. The standard InChI is InChI=1S/C16H23N3O/c1-12(19(5)11-16(2,3)4)15(20)18-14-8-6-7-13(9-14)10-17/h6-9,12H,11H2,1-5H3,(H,18,20). The van der Waals surface area contributed by atoms with Crippen LogP contribution in [-0.4, -0.2) is 30.4 Å². The highest BCUT2D eigenvalue weighted by atomic mass is 16.2. The summed E-state index contributed by atoms with van der Waals surface area (Å²) < 4.78 is 0. The molecule has 1 aromatic rings. The van der Waals surface area contributed by atoms with E-state index in [1.54, 1.807) is 24.3 Å². The molecule has 0 saturated carbocycles. The second kappa shape index (κ2) is 6.53. The average molecular weight is 273 g/mol. The minimum Gasteiger partial charge on any atom is -0.325 e. The van der Waals surface area contributed by atoms with Crippen LogP contribution in [0.25, 0.3) is 0 Å². The zero-order valence-electron chi connectivity index (χ0n) is 12.9. The number of anilines is 1. The highest BCUT2D eigenvalue weighted by molar-refractivity contribution is 5.94. The second-order valence-electron chi connectivity index (χ2n) is 6.33. The Morgan fingerprint density at radius 2 is 2.10 bits per heavy atom. The van der Waals surface area contributed by atoms with Crippen molar-refractivity contribution >= 4 is 11.6 Å². The summed E-state index contributed by atoms with van der Waals surface area (Å²) in [5, 5.41) is 11.7. The molecule has 1 unspecified atom stereocenters. The predicted molar refractivity (Wildman–Crippen MR) is 81.3 cm³/mol. The van der Waals surface area contributed by atoms with E-state index in [-0.39, 0.29) is 17.4 Å². The lowest BCUT2D eigenvalue weighted by Crippen LogP contribution is -2.43. The van der Waals surface area contributed by atoms with Crippen molar-refractivity contribution in [1.29, 1.82) is 5.26 Å². The van der Waals surface area contributed by atoms with Crippen molar-refractivity contribution in [2.45, 2.75) is 33.7 Å². The summed E-state index contributed by atoms with van der Waals surface area (Å²) in [7, 11) is 1.95. The molecule has 0 saturated heterocycles. The molecule has 0 aliphatic carbocycles. The van der Waals surface area contributed by atoms with Gasteiger partial charge in [-0.15, -0.1) is 0 Å². The molecule has 0 aliphatic heterocycles. The molecule has 20 heavy (non-hydrogen) atoms. The molecule has 1 atom stereocenters. The Morgan fingerprint density at radius 1 is 1.45 bits per heavy atom. The lowest BCUT2D eigenvalue weighted by Gasteiger charge is -2.30. The minimum atomic E-state index is -0.222. The lowest BCUT2D eigenvalue weighted by atomic mass is 9.95. The van der Waals surface area contributed by atoms with Gasteiger partial charge in [-0.2, -0.15) is 5.26 Å². The predicted octanol–water partition coefficient (Wildman–Crippen LogP) is 2.86. The van der Waals surface area contributed by atoms with Crippen LogP contribution < -0.4 is 5.32 Å². The molecule has 1 rings (SSSR count). The van der Waals surface area contributed by atoms with Crippen LogP contribution in [0.3, 0.4) is 0 Å². The summed E-state index contributed by atoms with van der Waals surface area (Å²) in [5.74, 6) is -0.0631. The summed E-state index contributed by atoms with van der Waals surface area (Å²) in [5.41, 5.74) is 1.34. The van der Waals surface area contributed by atoms with Gasteiger partial charge in [0.25, 0.3) is 0 Å². The van der Waals surface area contributed by atoms with Gasteiger partial charge in [-0.05, 0) is 37.6 Å². The van der Waals surface area contributed by atoms with Gasteiger partial charge in [-0.1, -0.05) is 26.8 Å². The second-order valence-corrected chi connectivity index (χ2v) is 6.33. The minimum absolute atomic E-state index is 0.0631. The monoisotopic (exact) mass is 273 g/mol. The number of likely N-dealkylation sites (N-methyl/N-ethyl adjacent to an activating group) is 1. The quantitative estimate of drug-likeness (QED) is 0.917. The van der Waals surface area contributed by atoms with Crippen LogP contribution in [-0.2, 0) is 4.79 Å². The van der Waals surface area contributed by atoms with Gasteiger partial charge in [0, 0.05) is 12.2 Å². The van der Waals surface area contributed by atoms with E-state index in [0.717, 1.165) is 6.54 Å². The van der Waals surface area contributed by atoms with E-state index in [2.05, 4.69) is 32.2 Å². The molecule has 0 spiro atoms. The van der Waals surface area contributed by atoms with Crippen molar-refractivity contribution < 1.29 is 4.79 Å². The molecule has 1 aromatic carbocycles. The maximum absolute atomic E-state index is 12.2. The first-order chi connectivity index (χ1) is 9.23. The third-order valence-electron chi connectivity index (χ3n) is 3.02. The molecule has 0 radical (unpaired) electrons. The van der Waals surface area contributed by atoms with Gasteiger partial charge in [0.2, 0.25) is 5.91 Å². The van der Waals surface area contributed by atoms with Crippen LogP contribution in [0, 0.1) is 16.7 Å². The molecule has 0 heterocycles. The van der Waals surface area contributed by atoms with Crippen molar-refractivity contribution in [3.63, 3.8) is 0 Å². The number of hydrogen-bond acceptors (Lipinski definition) is 3. The fourth-order valence-corrected chi connectivity index (χ4v) is 2.00. The van der Waals surface area contributed by atoms with Gasteiger partial charge in [0.15, 0.2) is 0 Å². The van der Waals surface area contributed by atoms with E-state index in [0.29, 0.717) is 11.3 Å². The first kappa shape index (κ1) is 16.2. The molecule has 1 amide bonds. The average Bonchev–Trinajstić information content (AvgIpc) is 2.36. The summed E-state index contributed by atoms with van der Waals surface area (Å²) in [4.78, 5) is 14.2. The number of carbonyl (C=O) groups excluding carboxylic acids is 1. The van der Waals surface area contributed by atoms with E-state index in [4.69, 9.17) is 5.26 Å². The summed E-state index contributed by atoms with van der Waals surface area (Å²) >= 11 is 0. The molecule has 1 N–H and O–H groups in total. The zero-order valence-corrected chi connectivity index (χ0v) is 12.9. The molecular weight excluding hydrogens is 250 g/mol. The van der Waals surface area contributed by atoms with E-state index < -0.39 is 0 Å². The Morgan fingerprint density at radius 3 is 2.65 bits per heavy atom. The zero-order chi connectivity index (χ0) is 15.3. The topological polar surface area (TPSA) is 56.1 Å². The normalized spacial score (nSPS) is 12.8. The Kier molecular flexibility index (Phi) is 5.29. The van der Waals surface area contributed by atoms with Gasteiger partial charge >= 0.3 is 0 Å². The number of nitriles is 1. The van der Waals surface area contributed by atoms with Crippen molar-refractivity contribution in [3.8, 4) is 6.07 Å². The first-order valence-electron chi connectivity index (χ1n) is 6.74. The van der Waals surface area contributed by atoms with Gasteiger partial charge in [0.05, 0.1) is 17.7 Å². The Labute approximate surface area is 121 Å². The van der Waals surface area contributed by atoms with Crippen LogP contribution in [0.1, 0.15) is 33.3 Å². The number of rotatable bonds is 4. The SMILES string of the molecule is CC(C(=O)Nc1cccc(C#N)c1)N(C)CC(C)(C)C. The third-order valence-corrected chi connectivity index (χ3v) is 3.02. The summed E-state index contributed by atoms with van der Waals surface area (Å²) in [6, 6.07) is 8.78. The van der Waals surface area contributed by atoms with E-state index >= 15 is 0 Å². The number of hydrogen-bond donors (Lipinski definition) is 1. The summed E-state index contributed by atoms with van der Waals surface area (Å²) in [6.07, 6.45) is 0. The number of nitrogens with zero attached hydrogens (tertiary/aromatic N) is 2. The van der Waals surface area contributed by atoms with Crippen molar-refractivity contribution in [2.75, 3.05) is 18.9 Å². The summed E-state index contributed by atoms with van der Waals surface area (Å²) in [6.45, 7) is 9.15. The molecule has 4 nitrogen and oxygen atoms in total. The van der Waals surface area contributed by atoms with Gasteiger partial charge in [0.1, 0.15) is 0 Å². The maximum atomic E-state index is 12.2. The number of nitrogens with one attached hydrogen (secondary N) is 1. The number of carbonyl (C=O) groups is 1. The lowest BCUT2D eigenvalue weighted by molar-refractivity contribution is -0.120. The Balaban J connectivity index is 2.68. The van der Waals surface area contributed by atoms with Crippen LogP contribution in [0.4, 0.5) is 5.69 Å². The van der Waals surface area contributed by atoms with Crippen molar-refractivity contribution in [1.82, 2.24) is 4.90 Å². The van der Waals surface area contributed by atoms with E-state index in [9.17, 15) is 4.79 Å². The highest BCUT2D eigenvalue weighted by Gasteiger charge is 2.22. The fourth-order valence-electron chi connectivity index (χ4n) is 2.00. The van der Waals surface area contributed by atoms with Crippen molar-refractivity contribution in [2.24, 2.45) is 5.41 Å². The number of benzene rings is 1. The van der Waals surface area contributed by atoms with Gasteiger partial charge < -0.3 is 5.32 Å². The molecule has 0 aromatic heterocycles. The molecule has 4 heteroatoms. The molecule has 108 valence electrons. The van der Waals surface area contributed by atoms with E-state index in [1.807, 2.05) is 18.9 Å². The fraction of sp³-hybridized carbons (Fsp3) is 0.500. The molecule has 0 bridgehead atoms. The number of amides is 1. The maximum Gasteiger partial charge on any atom is 0.241 e.